The van der Waals surface area contributed by atoms with Gasteiger partial charge in [-0.25, -0.2) is 9.37 Å². The van der Waals surface area contributed by atoms with Crippen LogP contribution in [0.5, 0.6) is 0 Å². The van der Waals surface area contributed by atoms with Gasteiger partial charge in [0.2, 0.25) is 5.91 Å². The van der Waals surface area contributed by atoms with E-state index < -0.39 is 0 Å². The second kappa shape index (κ2) is 9.43. The van der Waals surface area contributed by atoms with Crippen molar-refractivity contribution < 1.29 is 14.0 Å². The fourth-order valence-electron chi connectivity index (χ4n) is 3.52. The Morgan fingerprint density at radius 1 is 0.969 bits per heavy atom. The second-order valence-corrected chi connectivity index (χ2v) is 7.40. The summed E-state index contributed by atoms with van der Waals surface area (Å²) in [4.78, 5) is 31.6. The van der Waals surface area contributed by atoms with Crippen LogP contribution < -0.4 is 10.2 Å². The van der Waals surface area contributed by atoms with E-state index in [0.717, 1.165) is 16.7 Å². The van der Waals surface area contributed by atoms with Gasteiger partial charge in [0.1, 0.15) is 18.2 Å². The van der Waals surface area contributed by atoms with Gasteiger partial charge < -0.3 is 14.8 Å². The lowest BCUT2D eigenvalue weighted by molar-refractivity contribution is -0.118. The molecule has 0 fully saturated rings. The molecule has 6 nitrogen and oxygen atoms in total. The minimum absolute atomic E-state index is 0.0732. The maximum absolute atomic E-state index is 13.1. The van der Waals surface area contributed by atoms with E-state index in [-0.39, 0.29) is 24.2 Å². The number of fused-ring (bicyclic) bond motifs is 1. The Hall–Kier alpha value is -4.00. The number of para-hydroxylation sites is 3. The number of anilines is 1. The topological polar surface area (TPSA) is 67.2 Å². The minimum atomic E-state index is -0.389. The van der Waals surface area contributed by atoms with Crippen LogP contribution in [0, 0.1) is 5.82 Å². The predicted molar refractivity (Wildman–Crippen MR) is 122 cm³/mol. The van der Waals surface area contributed by atoms with Crippen LogP contribution in [0.2, 0.25) is 0 Å². The zero-order valence-electron chi connectivity index (χ0n) is 17.7. The zero-order valence-corrected chi connectivity index (χ0v) is 17.7. The van der Waals surface area contributed by atoms with Crippen LogP contribution in [-0.4, -0.2) is 35.0 Å². The first-order chi connectivity index (χ1) is 15.5. The monoisotopic (exact) mass is 430 g/mol. The number of nitrogens with zero attached hydrogens (tertiary/aromatic N) is 3. The fourth-order valence-corrected chi connectivity index (χ4v) is 3.52. The highest BCUT2D eigenvalue weighted by molar-refractivity contribution is 5.94. The van der Waals surface area contributed by atoms with Gasteiger partial charge in [0.05, 0.1) is 11.0 Å². The van der Waals surface area contributed by atoms with Gasteiger partial charge in [0.25, 0.3) is 5.91 Å². The van der Waals surface area contributed by atoms with Gasteiger partial charge >= 0.3 is 0 Å². The lowest BCUT2D eigenvalue weighted by atomic mass is 10.2. The first kappa shape index (κ1) is 21.2. The molecule has 4 rings (SSSR count). The van der Waals surface area contributed by atoms with Crippen molar-refractivity contribution in [2.24, 2.45) is 0 Å². The molecule has 162 valence electrons. The third-order valence-corrected chi connectivity index (χ3v) is 5.29. The average molecular weight is 430 g/mol. The number of halogens is 1. The number of carbonyl (C=O) groups excluding carboxylic acids is 2. The van der Waals surface area contributed by atoms with Crippen molar-refractivity contribution in [2.75, 3.05) is 18.5 Å². The molecule has 0 unspecified atom stereocenters. The molecule has 3 aromatic carbocycles. The molecule has 0 aliphatic heterocycles. The first-order valence-electron chi connectivity index (χ1n) is 10.3. The lowest BCUT2D eigenvalue weighted by Gasteiger charge is -2.18. The Morgan fingerprint density at radius 2 is 1.66 bits per heavy atom. The molecule has 0 saturated heterocycles. The molecular weight excluding hydrogens is 407 g/mol. The number of likely N-dealkylation sites (N-methyl/N-ethyl adjacent to an activating group) is 1. The quantitative estimate of drug-likeness (QED) is 0.485. The summed E-state index contributed by atoms with van der Waals surface area (Å²) in [5.74, 6) is -0.0377. The number of benzene rings is 3. The maximum atomic E-state index is 13.1. The van der Waals surface area contributed by atoms with Gasteiger partial charge in [-0.05, 0) is 48.5 Å². The summed E-state index contributed by atoms with van der Waals surface area (Å²) in [6.45, 7) is 0.468. The third kappa shape index (κ3) is 4.67. The van der Waals surface area contributed by atoms with E-state index in [9.17, 15) is 14.0 Å². The standard InChI is InChI=1S/C25H23FN4O2/c1-29(20-7-3-2-4-8-20)24(31)17-30-22-10-6-5-9-21(22)28-23(30)15-16-27-25(32)18-11-13-19(26)14-12-18/h2-14H,15-17H2,1H3,(H,27,32). The third-order valence-electron chi connectivity index (χ3n) is 5.29. The van der Waals surface area contributed by atoms with E-state index in [0.29, 0.717) is 24.4 Å². The van der Waals surface area contributed by atoms with Crippen LogP contribution in [0.1, 0.15) is 16.2 Å². The highest BCUT2D eigenvalue weighted by atomic mass is 19.1. The zero-order chi connectivity index (χ0) is 22.5. The molecular formula is C25H23FN4O2. The lowest BCUT2D eigenvalue weighted by Crippen LogP contribution is -2.31. The Balaban J connectivity index is 1.49. The summed E-state index contributed by atoms with van der Waals surface area (Å²) in [6, 6.07) is 22.5. The van der Waals surface area contributed by atoms with E-state index >= 15 is 0 Å². The van der Waals surface area contributed by atoms with Gasteiger partial charge in [0, 0.05) is 31.3 Å². The van der Waals surface area contributed by atoms with Crippen molar-refractivity contribution in [1.82, 2.24) is 14.9 Å². The van der Waals surface area contributed by atoms with E-state index in [4.69, 9.17) is 0 Å². The molecule has 0 spiro atoms. The number of nitrogens with one attached hydrogen (secondary N) is 1. The maximum Gasteiger partial charge on any atom is 0.251 e. The molecule has 32 heavy (non-hydrogen) atoms. The van der Waals surface area contributed by atoms with Gasteiger partial charge in [-0.1, -0.05) is 30.3 Å². The van der Waals surface area contributed by atoms with Crippen LogP contribution in [0.3, 0.4) is 0 Å². The van der Waals surface area contributed by atoms with E-state index in [1.807, 2.05) is 59.2 Å². The van der Waals surface area contributed by atoms with Gasteiger partial charge in [-0.3, -0.25) is 9.59 Å². The number of aromatic nitrogens is 2. The van der Waals surface area contributed by atoms with Crippen LogP contribution in [0.15, 0.2) is 78.9 Å². The summed E-state index contributed by atoms with van der Waals surface area (Å²) in [7, 11) is 1.75. The van der Waals surface area contributed by atoms with Crippen LogP contribution in [0.25, 0.3) is 11.0 Å². The Labute approximate surface area is 185 Å². The molecule has 7 heteroatoms. The molecule has 2 amide bonds. The molecule has 0 atom stereocenters. The van der Waals surface area contributed by atoms with Gasteiger partial charge in [-0.15, -0.1) is 0 Å². The Kier molecular flexibility index (Phi) is 6.26. The van der Waals surface area contributed by atoms with Gasteiger partial charge in [-0.2, -0.15) is 0 Å². The normalized spacial score (nSPS) is 10.8. The molecule has 0 aliphatic rings. The molecule has 0 bridgehead atoms. The van der Waals surface area contributed by atoms with Crippen LogP contribution in [-0.2, 0) is 17.8 Å². The molecule has 1 N–H and O–H groups in total. The number of amides is 2. The van der Waals surface area contributed by atoms with Gasteiger partial charge in [0.15, 0.2) is 0 Å². The van der Waals surface area contributed by atoms with Crippen molar-refractivity contribution >= 4 is 28.5 Å². The second-order valence-electron chi connectivity index (χ2n) is 7.40. The van der Waals surface area contributed by atoms with E-state index in [1.165, 1.54) is 24.3 Å². The molecule has 0 radical (unpaired) electrons. The number of rotatable bonds is 7. The smallest absolute Gasteiger partial charge is 0.251 e. The molecule has 0 saturated carbocycles. The molecule has 1 heterocycles. The van der Waals surface area contributed by atoms with Crippen molar-refractivity contribution in [1.29, 1.82) is 0 Å². The van der Waals surface area contributed by atoms with Crippen molar-refractivity contribution in [3.8, 4) is 0 Å². The highest BCUT2D eigenvalue weighted by Crippen LogP contribution is 2.18. The summed E-state index contributed by atoms with van der Waals surface area (Å²) in [6.07, 6.45) is 0.448. The van der Waals surface area contributed by atoms with E-state index in [2.05, 4.69) is 10.3 Å². The number of imidazole rings is 1. The van der Waals surface area contributed by atoms with Crippen molar-refractivity contribution in [3.05, 3.63) is 96.1 Å². The predicted octanol–water partition coefficient (Wildman–Crippen LogP) is 3.81. The SMILES string of the molecule is CN(C(=O)Cn1c(CCNC(=O)c2ccc(F)cc2)nc2ccccc21)c1ccccc1. The largest absolute Gasteiger partial charge is 0.352 e. The summed E-state index contributed by atoms with van der Waals surface area (Å²) < 4.78 is 15.0. The molecule has 4 aromatic rings. The van der Waals surface area contributed by atoms with Crippen molar-refractivity contribution in [2.45, 2.75) is 13.0 Å². The summed E-state index contributed by atoms with van der Waals surface area (Å²) in [5.41, 5.74) is 2.86. The molecule has 0 aliphatic carbocycles. The van der Waals surface area contributed by atoms with Crippen LogP contribution in [0.4, 0.5) is 10.1 Å². The van der Waals surface area contributed by atoms with Crippen molar-refractivity contribution in [3.63, 3.8) is 0 Å². The molecule has 1 aromatic heterocycles. The number of carbonyl (C=O) groups is 2. The fraction of sp³-hybridized carbons (Fsp3) is 0.160. The minimum Gasteiger partial charge on any atom is -0.352 e. The van der Waals surface area contributed by atoms with Crippen LogP contribution >= 0.6 is 0 Å². The number of hydrogen-bond acceptors (Lipinski definition) is 3. The summed E-state index contributed by atoms with van der Waals surface area (Å²) >= 11 is 0. The average Bonchev–Trinajstić information content (AvgIpc) is 3.16. The first-order valence-corrected chi connectivity index (χ1v) is 10.3. The highest BCUT2D eigenvalue weighted by Gasteiger charge is 2.17. The van der Waals surface area contributed by atoms with E-state index in [1.54, 1.807) is 11.9 Å². The Bertz CT molecular complexity index is 1240. The number of hydrogen-bond donors (Lipinski definition) is 1. The Morgan fingerprint density at radius 3 is 2.41 bits per heavy atom. The summed E-state index contributed by atoms with van der Waals surface area (Å²) in [5, 5.41) is 2.83.